The average Bonchev–Trinajstić information content (AvgIpc) is 2.97. The molecule has 0 bridgehead atoms. The zero-order valence-corrected chi connectivity index (χ0v) is 15.7. The number of aryl methyl sites for hydroxylation is 3. The topological polar surface area (TPSA) is 77.6 Å². The molecule has 136 valence electrons. The van der Waals surface area contributed by atoms with Crippen LogP contribution in [0.2, 0.25) is 0 Å². The van der Waals surface area contributed by atoms with Crippen molar-refractivity contribution in [3.8, 4) is 0 Å². The highest BCUT2D eigenvalue weighted by Crippen LogP contribution is 2.19. The van der Waals surface area contributed by atoms with Gasteiger partial charge in [-0.2, -0.15) is 5.10 Å². The standard InChI is InChI=1S/C18H28N6O/c1-12-15(14(3)23(4)22-12)9-10-17(25)19-13(2)18-21-20-16-8-6-5-7-11-24(16)18/h13H,5-11H2,1-4H3,(H,19,25)/t13-/m1/s1. The van der Waals surface area contributed by atoms with Crippen molar-refractivity contribution in [2.75, 3.05) is 0 Å². The molecule has 25 heavy (non-hydrogen) atoms. The summed E-state index contributed by atoms with van der Waals surface area (Å²) in [7, 11) is 1.94. The van der Waals surface area contributed by atoms with Crippen molar-refractivity contribution in [1.82, 2.24) is 29.9 Å². The summed E-state index contributed by atoms with van der Waals surface area (Å²) < 4.78 is 4.06. The summed E-state index contributed by atoms with van der Waals surface area (Å²) in [6.45, 7) is 6.97. The van der Waals surface area contributed by atoms with Crippen molar-refractivity contribution in [3.05, 3.63) is 28.6 Å². The number of aromatic nitrogens is 5. The summed E-state index contributed by atoms with van der Waals surface area (Å²) in [6.07, 6.45) is 5.70. The van der Waals surface area contributed by atoms with Crippen LogP contribution in [0.25, 0.3) is 0 Å². The van der Waals surface area contributed by atoms with Gasteiger partial charge in [0.15, 0.2) is 5.82 Å². The second-order valence-corrected chi connectivity index (χ2v) is 7.00. The van der Waals surface area contributed by atoms with Crippen molar-refractivity contribution in [2.24, 2.45) is 7.05 Å². The van der Waals surface area contributed by atoms with Gasteiger partial charge in [0, 0.05) is 32.1 Å². The molecule has 1 aliphatic rings. The van der Waals surface area contributed by atoms with Gasteiger partial charge in [0.2, 0.25) is 5.91 Å². The van der Waals surface area contributed by atoms with Gasteiger partial charge in [-0.05, 0) is 45.6 Å². The molecular weight excluding hydrogens is 316 g/mol. The van der Waals surface area contributed by atoms with Gasteiger partial charge in [-0.15, -0.1) is 10.2 Å². The second kappa shape index (κ2) is 7.37. The Balaban J connectivity index is 1.60. The zero-order chi connectivity index (χ0) is 18.0. The van der Waals surface area contributed by atoms with Gasteiger partial charge in [-0.1, -0.05) is 6.42 Å². The van der Waals surface area contributed by atoms with Gasteiger partial charge < -0.3 is 9.88 Å². The maximum Gasteiger partial charge on any atom is 0.220 e. The Bertz CT molecular complexity index is 760. The molecule has 0 saturated heterocycles. The Morgan fingerprint density at radius 2 is 2.04 bits per heavy atom. The fourth-order valence-electron chi connectivity index (χ4n) is 3.62. The summed E-state index contributed by atoms with van der Waals surface area (Å²) in [5.41, 5.74) is 3.30. The van der Waals surface area contributed by atoms with Crippen LogP contribution in [-0.4, -0.2) is 30.5 Å². The van der Waals surface area contributed by atoms with Crippen LogP contribution in [0.1, 0.15) is 67.2 Å². The minimum Gasteiger partial charge on any atom is -0.346 e. The number of hydrogen-bond donors (Lipinski definition) is 1. The second-order valence-electron chi connectivity index (χ2n) is 7.00. The lowest BCUT2D eigenvalue weighted by Crippen LogP contribution is -2.29. The van der Waals surface area contributed by atoms with Crippen LogP contribution in [0.5, 0.6) is 0 Å². The van der Waals surface area contributed by atoms with Gasteiger partial charge in [0.05, 0.1) is 11.7 Å². The summed E-state index contributed by atoms with van der Waals surface area (Å²) in [5, 5.41) is 16.1. The molecule has 0 aliphatic carbocycles. The van der Waals surface area contributed by atoms with E-state index < -0.39 is 0 Å². The van der Waals surface area contributed by atoms with E-state index in [-0.39, 0.29) is 11.9 Å². The van der Waals surface area contributed by atoms with E-state index in [1.165, 1.54) is 18.4 Å². The quantitative estimate of drug-likeness (QED) is 0.902. The number of carbonyl (C=O) groups excluding carboxylic acids is 1. The number of fused-ring (bicyclic) bond motifs is 1. The van der Waals surface area contributed by atoms with Gasteiger partial charge in [0.25, 0.3) is 0 Å². The lowest BCUT2D eigenvalue weighted by molar-refractivity contribution is -0.121. The van der Waals surface area contributed by atoms with Gasteiger partial charge >= 0.3 is 0 Å². The van der Waals surface area contributed by atoms with Crippen molar-refractivity contribution in [3.63, 3.8) is 0 Å². The zero-order valence-electron chi connectivity index (χ0n) is 15.7. The third-order valence-electron chi connectivity index (χ3n) is 5.16. The molecule has 0 aromatic carbocycles. The predicted octanol–water partition coefficient (Wildman–Crippen LogP) is 2.16. The maximum absolute atomic E-state index is 12.4. The van der Waals surface area contributed by atoms with Crippen molar-refractivity contribution < 1.29 is 4.79 Å². The molecule has 1 amide bonds. The Labute approximate surface area is 148 Å². The predicted molar refractivity (Wildman–Crippen MR) is 95.1 cm³/mol. The van der Waals surface area contributed by atoms with Crippen LogP contribution in [-0.2, 0) is 31.2 Å². The van der Waals surface area contributed by atoms with Gasteiger partial charge in [0.1, 0.15) is 5.82 Å². The number of rotatable bonds is 5. The fraction of sp³-hybridized carbons (Fsp3) is 0.667. The van der Waals surface area contributed by atoms with Crippen molar-refractivity contribution >= 4 is 5.91 Å². The molecule has 2 aromatic rings. The summed E-state index contributed by atoms with van der Waals surface area (Å²) >= 11 is 0. The van der Waals surface area contributed by atoms with Crippen LogP contribution in [0.4, 0.5) is 0 Å². The SMILES string of the molecule is Cc1nn(C)c(C)c1CCC(=O)N[C@H](C)c1nnc2n1CCCCC2. The average molecular weight is 344 g/mol. The molecule has 1 N–H and O–H groups in total. The third-order valence-corrected chi connectivity index (χ3v) is 5.16. The van der Waals surface area contributed by atoms with E-state index in [2.05, 4.69) is 25.2 Å². The highest BCUT2D eigenvalue weighted by molar-refractivity contribution is 5.76. The molecule has 0 fully saturated rings. The molecule has 7 heteroatoms. The lowest BCUT2D eigenvalue weighted by Gasteiger charge is -2.15. The monoisotopic (exact) mass is 344 g/mol. The Kier molecular flexibility index (Phi) is 5.20. The highest BCUT2D eigenvalue weighted by atomic mass is 16.1. The van der Waals surface area contributed by atoms with Crippen LogP contribution in [0.15, 0.2) is 0 Å². The Morgan fingerprint density at radius 3 is 2.76 bits per heavy atom. The molecule has 2 aromatic heterocycles. The maximum atomic E-state index is 12.4. The summed E-state index contributed by atoms with van der Waals surface area (Å²) in [4.78, 5) is 12.4. The molecule has 1 atom stereocenters. The minimum atomic E-state index is -0.122. The van der Waals surface area contributed by atoms with Gasteiger partial charge in [-0.3, -0.25) is 9.48 Å². The largest absolute Gasteiger partial charge is 0.346 e. The van der Waals surface area contributed by atoms with E-state index in [1.54, 1.807) is 0 Å². The van der Waals surface area contributed by atoms with E-state index in [1.807, 2.05) is 32.5 Å². The molecule has 3 heterocycles. The summed E-state index contributed by atoms with van der Waals surface area (Å²) in [6, 6.07) is -0.122. The molecular formula is C18H28N6O. The minimum absolute atomic E-state index is 0.0427. The highest BCUT2D eigenvalue weighted by Gasteiger charge is 2.21. The number of carbonyl (C=O) groups is 1. The molecule has 0 unspecified atom stereocenters. The number of amides is 1. The summed E-state index contributed by atoms with van der Waals surface area (Å²) in [5.74, 6) is 1.97. The number of nitrogens with one attached hydrogen (secondary N) is 1. The van der Waals surface area contributed by atoms with E-state index in [9.17, 15) is 4.79 Å². The van der Waals surface area contributed by atoms with Crippen molar-refractivity contribution in [1.29, 1.82) is 0 Å². The first-order valence-electron chi connectivity index (χ1n) is 9.17. The Morgan fingerprint density at radius 1 is 1.24 bits per heavy atom. The molecule has 0 spiro atoms. The van der Waals surface area contributed by atoms with E-state index in [4.69, 9.17) is 0 Å². The number of nitrogens with zero attached hydrogens (tertiary/aromatic N) is 5. The fourth-order valence-corrected chi connectivity index (χ4v) is 3.62. The first-order chi connectivity index (χ1) is 12.0. The third kappa shape index (κ3) is 3.75. The normalized spacial score (nSPS) is 15.5. The van der Waals surface area contributed by atoms with E-state index in [0.717, 1.165) is 42.4 Å². The van der Waals surface area contributed by atoms with Crippen LogP contribution in [0, 0.1) is 13.8 Å². The van der Waals surface area contributed by atoms with Crippen molar-refractivity contribution in [2.45, 2.75) is 71.9 Å². The first kappa shape index (κ1) is 17.6. The molecule has 0 radical (unpaired) electrons. The smallest absolute Gasteiger partial charge is 0.220 e. The molecule has 7 nitrogen and oxygen atoms in total. The molecule has 1 aliphatic heterocycles. The molecule has 0 saturated carbocycles. The first-order valence-corrected chi connectivity index (χ1v) is 9.17. The Hall–Kier alpha value is -2.18. The van der Waals surface area contributed by atoms with Crippen LogP contribution >= 0.6 is 0 Å². The van der Waals surface area contributed by atoms with Crippen LogP contribution < -0.4 is 5.32 Å². The lowest BCUT2D eigenvalue weighted by atomic mass is 10.1. The number of hydrogen-bond acceptors (Lipinski definition) is 4. The molecule has 3 rings (SSSR count). The van der Waals surface area contributed by atoms with E-state index in [0.29, 0.717) is 12.8 Å². The van der Waals surface area contributed by atoms with Gasteiger partial charge in [-0.25, -0.2) is 0 Å². The van der Waals surface area contributed by atoms with E-state index >= 15 is 0 Å². The van der Waals surface area contributed by atoms with Crippen LogP contribution in [0.3, 0.4) is 0 Å².